The van der Waals surface area contributed by atoms with Gasteiger partial charge in [-0.2, -0.15) is 5.10 Å². The van der Waals surface area contributed by atoms with E-state index in [1.54, 1.807) is 21.5 Å². The minimum Gasteiger partial charge on any atom is -0.353 e. The van der Waals surface area contributed by atoms with E-state index in [0.717, 1.165) is 54.1 Å². The number of rotatable bonds is 4. The highest BCUT2D eigenvalue weighted by molar-refractivity contribution is 5.77. The average molecular weight is 403 g/mol. The monoisotopic (exact) mass is 403 g/mol. The van der Waals surface area contributed by atoms with Crippen LogP contribution in [0.5, 0.6) is 0 Å². The molecule has 3 aromatic heterocycles. The lowest BCUT2D eigenvalue weighted by molar-refractivity contribution is 0.302. The number of hydrogen-bond donors (Lipinski definition) is 2. The molecule has 1 saturated carbocycles. The smallest absolute Gasteiger partial charge is 0.267 e. The summed E-state index contributed by atoms with van der Waals surface area (Å²) in [6, 6.07) is 13.8. The van der Waals surface area contributed by atoms with Gasteiger partial charge in [-0.3, -0.25) is 4.79 Å². The minimum atomic E-state index is -0.0611. The first-order valence-electron chi connectivity index (χ1n) is 10.4. The Hall–Kier alpha value is -3.42. The molecule has 4 aromatic rings. The van der Waals surface area contributed by atoms with Crippen LogP contribution in [-0.2, 0) is 0 Å². The molecular formula is C22H25N7O. The first-order chi connectivity index (χ1) is 14.6. The lowest BCUT2D eigenvalue weighted by atomic mass is 9.91. The van der Waals surface area contributed by atoms with Crippen LogP contribution in [-0.4, -0.2) is 35.6 Å². The Morgan fingerprint density at radius 3 is 2.57 bits per heavy atom. The predicted octanol–water partition coefficient (Wildman–Crippen LogP) is 3.52. The Labute approximate surface area is 174 Å². The average Bonchev–Trinajstić information content (AvgIpc) is 3.30. The van der Waals surface area contributed by atoms with Crippen molar-refractivity contribution in [2.75, 3.05) is 5.32 Å². The second kappa shape index (κ2) is 7.44. The molecule has 0 unspecified atom stereocenters. The van der Waals surface area contributed by atoms with Crippen molar-refractivity contribution in [3.8, 4) is 5.82 Å². The molecule has 2 N–H and O–H groups in total. The topological polar surface area (TPSA) is 93.4 Å². The maximum atomic E-state index is 12.5. The predicted molar refractivity (Wildman–Crippen MR) is 116 cm³/mol. The van der Waals surface area contributed by atoms with Gasteiger partial charge in [0.1, 0.15) is 0 Å². The molecule has 154 valence electrons. The Kier molecular flexibility index (Phi) is 4.61. The highest BCUT2D eigenvalue weighted by Gasteiger charge is 2.25. The first-order valence-corrected chi connectivity index (χ1v) is 10.4. The van der Waals surface area contributed by atoms with Crippen molar-refractivity contribution in [1.82, 2.24) is 29.5 Å². The molecular weight excluding hydrogens is 378 g/mol. The summed E-state index contributed by atoms with van der Waals surface area (Å²) < 4.78 is 3.43. The first kappa shape index (κ1) is 18.6. The molecule has 0 atom stereocenters. The SMILES string of the molecule is Cc1cc(C)n(-c2ccc(=O)n(C3CCC(Nc4nc5ccccc5[nH]4)CC3)n2)n1. The van der Waals surface area contributed by atoms with Crippen LogP contribution >= 0.6 is 0 Å². The van der Waals surface area contributed by atoms with E-state index in [0.29, 0.717) is 11.9 Å². The van der Waals surface area contributed by atoms with Crippen molar-refractivity contribution < 1.29 is 0 Å². The van der Waals surface area contributed by atoms with E-state index in [4.69, 9.17) is 0 Å². The highest BCUT2D eigenvalue weighted by atomic mass is 16.1. The van der Waals surface area contributed by atoms with Crippen molar-refractivity contribution in [2.45, 2.75) is 51.6 Å². The molecule has 0 saturated heterocycles. The summed E-state index contributed by atoms with van der Waals surface area (Å²) in [5.74, 6) is 1.49. The van der Waals surface area contributed by atoms with Gasteiger partial charge in [-0.05, 0) is 63.8 Å². The van der Waals surface area contributed by atoms with Gasteiger partial charge in [-0.15, -0.1) is 5.10 Å². The summed E-state index contributed by atoms with van der Waals surface area (Å²) in [6.45, 7) is 3.95. The molecule has 8 heteroatoms. The van der Waals surface area contributed by atoms with Crippen molar-refractivity contribution in [2.24, 2.45) is 0 Å². The van der Waals surface area contributed by atoms with Gasteiger partial charge in [0.15, 0.2) is 5.82 Å². The van der Waals surface area contributed by atoms with E-state index in [-0.39, 0.29) is 11.6 Å². The Balaban J connectivity index is 1.30. The number of aromatic nitrogens is 6. The van der Waals surface area contributed by atoms with Gasteiger partial charge in [-0.1, -0.05) is 12.1 Å². The summed E-state index contributed by atoms with van der Waals surface area (Å²) in [5, 5.41) is 12.7. The molecule has 1 aromatic carbocycles. The quantitative estimate of drug-likeness (QED) is 0.544. The maximum absolute atomic E-state index is 12.5. The van der Waals surface area contributed by atoms with E-state index in [1.807, 2.05) is 44.2 Å². The molecule has 0 bridgehead atoms. The molecule has 0 radical (unpaired) electrons. The molecule has 1 aliphatic rings. The van der Waals surface area contributed by atoms with Crippen LogP contribution in [0.25, 0.3) is 16.9 Å². The number of hydrogen-bond acceptors (Lipinski definition) is 5. The summed E-state index contributed by atoms with van der Waals surface area (Å²) in [6.07, 6.45) is 3.71. The van der Waals surface area contributed by atoms with Gasteiger partial charge >= 0.3 is 0 Å². The number of nitrogens with zero attached hydrogens (tertiary/aromatic N) is 5. The van der Waals surface area contributed by atoms with Gasteiger partial charge < -0.3 is 10.3 Å². The van der Waals surface area contributed by atoms with E-state index in [1.165, 1.54) is 0 Å². The lowest BCUT2D eigenvalue weighted by Crippen LogP contribution is -2.33. The number of aryl methyl sites for hydroxylation is 2. The number of nitrogens with one attached hydrogen (secondary N) is 2. The number of H-pyrrole nitrogens is 1. The molecule has 1 fully saturated rings. The molecule has 3 heterocycles. The number of imidazole rings is 1. The molecule has 0 spiro atoms. The molecule has 0 aliphatic heterocycles. The fourth-order valence-corrected chi connectivity index (χ4v) is 4.33. The van der Waals surface area contributed by atoms with Crippen molar-refractivity contribution in [1.29, 1.82) is 0 Å². The van der Waals surface area contributed by atoms with E-state index >= 15 is 0 Å². The fourth-order valence-electron chi connectivity index (χ4n) is 4.33. The zero-order valence-corrected chi connectivity index (χ0v) is 17.2. The zero-order valence-electron chi connectivity index (χ0n) is 17.2. The normalized spacial score (nSPS) is 19.3. The largest absolute Gasteiger partial charge is 0.353 e. The summed E-state index contributed by atoms with van der Waals surface area (Å²) in [4.78, 5) is 20.4. The van der Waals surface area contributed by atoms with Gasteiger partial charge in [-0.25, -0.2) is 14.3 Å². The van der Waals surface area contributed by atoms with Crippen LogP contribution in [0.4, 0.5) is 5.95 Å². The van der Waals surface area contributed by atoms with Gasteiger partial charge in [0.2, 0.25) is 5.95 Å². The zero-order chi connectivity index (χ0) is 20.7. The summed E-state index contributed by atoms with van der Waals surface area (Å²) >= 11 is 0. The minimum absolute atomic E-state index is 0.0611. The van der Waals surface area contributed by atoms with Gasteiger partial charge in [0, 0.05) is 17.8 Å². The fraction of sp³-hybridized carbons (Fsp3) is 0.364. The Morgan fingerprint density at radius 2 is 1.83 bits per heavy atom. The number of aromatic amines is 1. The van der Waals surface area contributed by atoms with Gasteiger partial charge in [0.05, 0.1) is 22.8 Å². The Bertz CT molecular complexity index is 1210. The third kappa shape index (κ3) is 3.49. The van der Waals surface area contributed by atoms with Crippen LogP contribution < -0.4 is 10.9 Å². The molecule has 8 nitrogen and oxygen atoms in total. The molecule has 0 amide bonds. The number of benzene rings is 1. The Morgan fingerprint density at radius 1 is 1.03 bits per heavy atom. The van der Waals surface area contributed by atoms with Crippen LogP contribution in [0.15, 0.2) is 47.3 Å². The van der Waals surface area contributed by atoms with Crippen molar-refractivity contribution in [3.63, 3.8) is 0 Å². The lowest BCUT2D eigenvalue weighted by Gasteiger charge is -2.29. The number of para-hydroxylation sites is 2. The summed E-state index contributed by atoms with van der Waals surface area (Å²) in [7, 11) is 0. The number of fused-ring (bicyclic) bond motifs is 1. The maximum Gasteiger partial charge on any atom is 0.267 e. The van der Waals surface area contributed by atoms with Crippen LogP contribution in [0.3, 0.4) is 0 Å². The highest BCUT2D eigenvalue weighted by Crippen LogP contribution is 2.29. The van der Waals surface area contributed by atoms with Crippen molar-refractivity contribution in [3.05, 3.63) is 64.2 Å². The van der Waals surface area contributed by atoms with E-state index < -0.39 is 0 Å². The van der Waals surface area contributed by atoms with Crippen LogP contribution in [0, 0.1) is 13.8 Å². The summed E-state index contributed by atoms with van der Waals surface area (Å²) in [5.41, 5.74) is 3.87. The van der Waals surface area contributed by atoms with Crippen molar-refractivity contribution >= 4 is 17.0 Å². The second-order valence-electron chi connectivity index (χ2n) is 8.07. The van der Waals surface area contributed by atoms with Crippen LogP contribution in [0.1, 0.15) is 43.1 Å². The van der Waals surface area contributed by atoms with E-state index in [9.17, 15) is 4.79 Å². The number of anilines is 1. The third-order valence-corrected chi connectivity index (χ3v) is 5.81. The second-order valence-corrected chi connectivity index (χ2v) is 8.07. The standard InChI is InChI=1S/C22H25N7O/c1-14-13-15(2)28(26-14)20-11-12-21(30)29(27-20)17-9-7-16(8-10-17)23-22-24-18-5-3-4-6-19(18)25-22/h3-6,11-13,16-17H,7-10H2,1-2H3,(H2,23,24,25). The third-order valence-electron chi connectivity index (χ3n) is 5.81. The van der Waals surface area contributed by atoms with Crippen LogP contribution in [0.2, 0.25) is 0 Å². The molecule has 30 heavy (non-hydrogen) atoms. The van der Waals surface area contributed by atoms with Gasteiger partial charge in [0.25, 0.3) is 5.56 Å². The molecule has 5 rings (SSSR count). The molecule has 1 aliphatic carbocycles. The van der Waals surface area contributed by atoms with E-state index in [2.05, 4.69) is 25.5 Å².